The molecular weight excluding hydrogens is 273 g/mol. The number of alkyl halides is 3. The highest BCUT2D eigenvalue weighted by atomic mass is 19.4. The maximum Gasteiger partial charge on any atom is 0.451 e. The van der Waals surface area contributed by atoms with E-state index in [0.29, 0.717) is 19.5 Å². The molecule has 108 valence electrons. The van der Waals surface area contributed by atoms with Crippen molar-refractivity contribution in [1.29, 1.82) is 0 Å². The van der Waals surface area contributed by atoms with Gasteiger partial charge in [-0.1, -0.05) is 0 Å². The van der Waals surface area contributed by atoms with Crippen molar-refractivity contribution in [1.82, 2.24) is 19.7 Å². The van der Waals surface area contributed by atoms with E-state index in [1.54, 1.807) is 16.9 Å². The Morgan fingerprint density at radius 2 is 2.10 bits per heavy atom. The fourth-order valence-corrected chi connectivity index (χ4v) is 1.57. The highest BCUT2D eigenvalue weighted by molar-refractivity contribution is 5.44. The van der Waals surface area contributed by atoms with E-state index in [2.05, 4.69) is 20.4 Å². The van der Waals surface area contributed by atoms with Crippen LogP contribution in [0.1, 0.15) is 12.2 Å². The molecule has 0 atom stereocenters. The van der Waals surface area contributed by atoms with E-state index in [0.717, 1.165) is 0 Å². The second-order valence-corrected chi connectivity index (χ2v) is 4.05. The van der Waals surface area contributed by atoms with Crippen LogP contribution in [-0.2, 0) is 12.7 Å². The third-order valence-corrected chi connectivity index (χ3v) is 2.43. The number of aryl methyl sites for hydroxylation is 1. The highest BCUT2D eigenvalue weighted by Gasteiger charge is 2.35. The van der Waals surface area contributed by atoms with Crippen LogP contribution in [0.3, 0.4) is 0 Å². The van der Waals surface area contributed by atoms with Crippen molar-refractivity contribution in [3.05, 3.63) is 30.4 Å². The first-order valence-corrected chi connectivity index (χ1v) is 5.88. The summed E-state index contributed by atoms with van der Waals surface area (Å²) in [5.74, 6) is -1.40. The third-order valence-electron chi connectivity index (χ3n) is 2.43. The van der Waals surface area contributed by atoms with Gasteiger partial charge in [0.2, 0.25) is 5.82 Å². The Morgan fingerprint density at radius 3 is 2.75 bits per heavy atom. The highest BCUT2D eigenvalue weighted by Crippen LogP contribution is 2.27. The number of nitrogen functional groups attached to an aromatic ring is 1. The standard InChI is InChI=1S/C11H13F3N6/c12-11(13,14)10-18-8(15)7-9(19-10)16-3-1-5-20-6-2-4-17-20/h2,4,6-7H,1,3,5H2,(H3,15,16,18,19). The summed E-state index contributed by atoms with van der Waals surface area (Å²) in [4.78, 5) is 6.55. The molecule has 0 saturated heterocycles. The van der Waals surface area contributed by atoms with Crippen LogP contribution in [0, 0.1) is 0 Å². The van der Waals surface area contributed by atoms with Crippen molar-refractivity contribution in [3.63, 3.8) is 0 Å². The molecule has 2 heterocycles. The smallest absolute Gasteiger partial charge is 0.384 e. The van der Waals surface area contributed by atoms with Crippen molar-refractivity contribution in [3.8, 4) is 0 Å². The molecule has 0 spiro atoms. The summed E-state index contributed by atoms with van der Waals surface area (Å²) in [6.45, 7) is 1.11. The van der Waals surface area contributed by atoms with Gasteiger partial charge in [-0.05, 0) is 12.5 Å². The molecule has 0 aliphatic heterocycles. The SMILES string of the molecule is Nc1cc(NCCCn2cccn2)nc(C(F)(F)F)n1. The topological polar surface area (TPSA) is 81.6 Å². The molecule has 6 nitrogen and oxygen atoms in total. The molecule has 0 aliphatic carbocycles. The van der Waals surface area contributed by atoms with Crippen LogP contribution in [0.4, 0.5) is 24.8 Å². The van der Waals surface area contributed by atoms with Gasteiger partial charge in [-0.3, -0.25) is 4.68 Å². The number of nitrogens with zero attached hydrogens (tertiary/aromatic N) is 4. The average Bonchev–Trinajstić information content (AvgIpc) is 2.86. The predicted molar refractivity (Wildman–Crippen MR) is 66.8 cm³/mol. The van der Waals surface area contributed by atoms with Gasteiger partial charge >= 0.3 is 6.18 Å². The van der Waals surface area contributed by atoms with Gasteiger partial charge in [0.15, 0.2) is 0 Å². The first-order chi connectivity index (χ1) is 9.45. The van der Waals surface area contributed by atoms with E-state index in [4.69, 9.17) is 5.73 Å². The lowest BCUT2D eigenvalue weighted by molar-refractivity contribution is -0.144. The molecule has 2 rings (SSSR count). The van der Waals surface area contributed by atoms with Crippen molar-refractivity contribution in [2.45, 2.75) is 19.1 Å². The molecule has 0 saturated carbocycles. The van der Waals surface area contributed by atoms with E-state index in [9.17, 15) is 13.2 Å². The molecular formula is C11H13F3N6. The zero-order valence-electron chi connectivity index (χ0n) is 10.4. The summed E-state index contributed by atoms with van der Waals surface area (Å²) in [6.07, 6.45) is -0.452. The molecule has 9 heteroatoms. The molecule has 20 heavy (non-hydrogen) atoms. The molecule has 0 bridgehead atoms. The minimum absolute atomic E-state index is 0.0605. The maximum absolute atomic E-state index is 12.5. The Kier molecular flexibility index (Phi) is 4.06. The predicted octanol–water partition coefficient (Wildman–Crippen LogP) is 1.78. The number of hydrogen-bond acceptors (Lipinski definition) is 5. The third kappa shape index (κ3) is 3.84. The Hall–Kier alpha value is -2.32. The van der Waals surface area contributed by atoms with Crippen LogP contribution < -0.4 is 11.1 Å². The number of hydrogen-bond donors (Lipinski definition) is 2. The molecule has 0 amide bonds. The van der Waals surface area contributed by atoms with Crippen LogP contribution in [0.15, 0.2) is 24.5 Å². The van der Waals surface area contributed by atoms with Gasteiger partial charge in [0, 0.05) is 31.5 Å². The molecule has 0 radical (unpaired) electrons. The van der Waals surface area contributed by atoms with E-state index in [1.165, 1.54) is 6.07 Å². The summed E-state index contributed by atoms with van der Waals surface area (Å²) < 4.78 is 39.2. The van der Waals surface area contributed by atoms with E-state index < -0.39 is 12.0 Å². The molecule has 3 N–H and O–H groups in total. The Bertz CT molecular complexity index is 552. The molecule has 0 unspecified atom stereocenters. The zero-order valence-corrected chi connectivity index (χ0v) is 10.4. The summed E-state index contributed by atoms with van der Waals surface area (Å²) in [5, 5.41) is 6.80. The lowest BCUT2D eigenvalue weighted by Gasteiger charge is -2.10. The van der Waals surface area contributed by atoms with Crippen LogP contribution in [0.25, 0.3) is 0 Å². The minimum atomic E-state index is -4.61. The number of rotatable bonds is 5. The van der Waals surface area contributed by atoms with Gasteiger partial charge in [-0.15, -0.1) is 0 Å². The van der Waals surface area contributed by atoms with Crippen LogP contribution in [0.5, 0.6) is 0 Å². The van der Waals surface area contributed by atoms with Gasteiger partial charge in [0.05, 0.1) is 0 Å². The number of nitrogens with two attached hydrogens (primary N) is 1. The van der Waals surface area contributed by atoms with Crippen molar-refractivity contribution < 1.29 is 13.2 Å². The second kappa shape index (κ2) is 5.76. The number of aromatic nitrogens is 4. The molecule has 2 aromatic heterocycles. The number of halogens is 3. The Balaban J connectivity index is 1.91. The van der Waals surface area contributed by atoms with Gasteiger partial charge in [-0.2, -0.15) is 18.3 Å². The molecule has 0 aromatic carbocycles. The fourth-order valence-electron chi connectivity index (χ4n) is 1.57. The number of nitrogens with one attached hydrogen (secondary N) is 1. The van der Waals surface area contributed by atoms with Crippen molar-refractivity contribution in [2.24, 2.45) is 0 Å². The van der Waals surface area contributed by atoms with Crippen LogP contribution in [-0.4, -0.2) is 26.3 Å². The molecule has 0 fully saturated rings. The summed E-state index contributed by atoms with van der Waals surface area (Å²) in [6, 6.07) is 3.07. The van der Waals surface area contributed by atoms with Crippen LogP contribution in [0.2, 0.25) is 0 Å². The minimum Gasteiger partial charge on any atom is -0.384 e. The largest absolute Gasteiger partial charge is 0.451 e. The van der Waals surface area contributed by atoms with Gasteiger partial charge < -0.3 is 11.1 Å². The lowest BCUT2D eigenvalue weighted by Crippen LogP contribution is -2.15. The summed E-state index contributed by atoms with van der Waals surface area (Å²) in [7, 11) is 0. The van der Waals surface area contributed by atoms with Crippen molar-refractivity contribution in [2.75, 3.05) is 17.6 Å². The first-order valence-electron chi connectivity index (χ1n) is 5.88. The van der Waals surface area contributed by atoms with Crippen LogP contribution >= 0.6 is 0 Å². The second-order valence-electron chi connectivity index (χ2n) is 4.05. The van der Waals surface area contributed by atoms with E-state index in [1.807, 2.05) is 6.20 Å². The van der Waals surface area contributed by atoms with Gasteiger partial charge in [0.25, 0.3) is 0 Å². The zero-order chi connectivity index (χ0) is 14.6. The monoisotopic (exact) mass is 286 g/mol. The quantitative estimate of drug-likeness (QED) is 0.819. The normalized spacial score (nSPS) is 11.6. The van der Waals surface area contributed by atoms with Gasteiger partial charge in [0.1, 0.15) is 11.6 Å². The maximum atomic E-state index is 12.5. The first kappa shape index (κ1) is 14.1. The van der Waals surface area contributed by atoms with Gasteiger partial charge in [-0.25, -0.2) is 9.97 Å². The lowest BCUT2D eigenvalue weighted by atomic mass is 10.4. The molecule has 2 aromatic rings. The Morgan fingerprint density at radius 1 is 1.30 bits per heavy atom. The number of anilines is 2. The van der Waals surface area contributed by atoms with Crippen molar-refractivity contribution >= 4 is 11.6 Å². The summed E-state index contributed by atoms with van der Waals surface area (Å²) >= 11 is 0. The average molecular weight is 286 g/mol. The Labute approximate surface area is 112 Å². The fraction of sp³-hybridized carbons (Fsp3) is 0.364. The molecule has 0 aliphatic rings. The van der Waals surface area contributed by atoms with E-state index in [-0.39, 0.29) is 11.6 Å². The summed E-state index contributed by atoms with van der Waals surface area (Å²) in [5.41, 5.74) is 5.33. The van der Waals surface area contributed by atoms with E-state index >= 15 is 0 Å².